The number of benzene rings is 1. The van der Waals surface area contributed by atoms with E-state index in [0.717, 1.165) is 42.8 Å². The molecular formula is C24H30ClFN4O. The Morgan fingerprint density at radius 3 is 2.55 bits per heavy atom. The number of carbonyl (C=O) groups excluding carboxylic acids is 1. The lowest BCUT2D eigenvalue weighted by molar-refractivity contribution is 0.0583. The van der Waals surface area contributed by atoms with E-state index in [9.17, 15) is 9.18 Å². The van der Waals surface area contributed by atoms with Crippen LogP contribution in [-0.4, -0.2) is 57.9 Å². The van der Waals surface area contributed by atoms with Gasteiger partial charge in [0.25, 0.3) is 5.91 Å². The number of halogens is 2. The molecule has 5 nitrogen and oxygen atoms in total. The highest BCUT2D eigenvalue weighted by Gasteiger charge is 2.29. The average molecular weight is 445 g/mol. The van der Waals surface area contributed by atoms with Gasteiger partial charge in [0, 0.05) is 30.4 Å². The quantitative estimate of drug-likeness (QED) is 0.683. The second-order valence-electron chi connectivity index (χ2n) is 8.66. The maximum atomic E-state index is 13.4. The molecule has 0 saturated carbocycles. The average Bonchev–Trinajstić information content (AvgIpc) is 2.81. The van der Waals surface area contributed by atoms with E-state index < -0.39 is 5.82 Å². The zero-order valence-electron chi connectivity index (χ0n) is 18.1. The van der Waals surface area contributed by atoms with Crippen LogP contribution in [0.15, 0.2) is 24.5 Å². The van der Waals surface area contributed by atoms with Crippen molar-refractivity contribution in [3.05, 3.63) is 57.9 Å². The molecule has 0 unspecified atom stereocenters. The van der Waals surface area contributed by atoms with Crippen LogP contribution in [-0.2, 0) is 12.8 Å². The lowest BCUT2D eigenvalue weighted by Gasteiger charge is -2.40. The van der Waals surface area contributed by atoms with Gasteiger partial charge in [-0.3, -0.25) is 4.79 Å². The predicted octanol–water partition coefficient (Wildman–Crippen LogP) is 4.45. The lowest BCUT2D eigenvalue weighted by Crippen LogP contribution is -2.48. The summed E-state index contributed by atoms with van der Waals surface area (Å²) < 4.78 is 13.4. The van der Waals surface area contributed by atoms with Crippen LogP contribution in [0.3, 0.4) is 0 Å². The van der Waals surface area contributed by atoms with E-state index in [1.165, 1.54) is 44.7 Å². The van der Waals surface area contributed by atoms with Gasteiger partial charge < -0.3 is 9.80 Å². The first-order valence-electron chi connectivity index (χ1n) is 11.3. The molecule has 1 amide bonds. The third-order valence-electron chi connectivity index (χ3n) is 6.68. The number of piperidine rings is 2. The van der Waals surface area contributed by atoms with Crippen LogP contribution < -0.4 is 0 Å². The summed E-state index contributed by atoms with van der Waals surface area (Å²) >= 11 is 5.89. The van der Waals surface area contributed by atoms with Crippen LogP contribution in [0.5, 0.6) is 0 Å². The van der Waals surface area contributed by atoms with Crippen molar-refractivity contribution in [2.24, 2.45) is 0 Å². The molecule has 0 spiro atoms. The number of nitrogens with zero attached hydrogens (tertiary/aromatic N) is 4. The molecular weight excluding hydrogens is 415 g/mol. The number of likely N-dealkylation sites (tertiary alicyclic amines) is 2. The number of carbonyl (C=O) groups is 1. The standard InChI is InChI=1S/C24H30ClFN4O/c1-17-22(8-6-18-5-7-21(26)20(25)15-18)27-16-28-23(17)24(31)30-13-9-19(10-14-30)29-11-3-2-4-12-29/h5,7,15-16,19H,2-4,6,8-14H2,1H3. The summed E-state index contributed by atoms with van der Waals surface area (Å²) in [6.07, 6.45) is 8.81. The van der Waals surface area contributed by atoms with E-state index in [2.05, 4.69) is 14.9 Å². The summed E-state index contributed by atoms with van der Waals surface area (Å²) in [6, 6.07) is 5.36. The molecule has 1 aromatic heterocycles. The SMILES string of the molecule is Cc1c(CCc2ccc(F)c(Cl)c2)ncnc1C(=O)N1CCC(N2CCCCC2)CC1. The zero-order chi connectivity index (χ0) is 21.8. The van der Waals surface area contributed by atoms with E-state index >= 15 is 0 Å². The Morgan fingerprint density at radius 1 is 1.10 bits per heavy atom. The molecule has 0 N–H and O–H groups in total. The Balaban J connectivity index is 1.38. The molecule has 31 heavy (non-hydrogen) atoms. The maximum Gasteiger partial charge on any atom is 0.272 e. The third-order valence-corrected chi connectivity index (χ3v) is 6.97. The van der Waals surface area contributed by atoms with Crippen LogP contribution in [0.1, 0.15) is 59.4 Å². The van der Waals surface area contributed by atoms with Crippen molar-refractivity contribution in [3.63, 3.8) is 0 Å². The van der Waals surface area contributed by atoms with Gasteiger partial charge in [-0.25, -0.2) is 14.4 Å². The fraction of sp³-hybridized carbons (Fsp3) is 0.542. The summed E-state index contributed by atoms with van der Waals surface area (Å²) in [7, 11) is 0. The smallest absolute Gasteiger partial charge is 0.272 e. The molecule has 2 aromatic rings. The van der Waals surface area contributed by atoms with Gasteiger partial charge in [-0.2, -0.15) is 0 Å². The Labute approximate surface area is 188 Å². The van der Waals surface area contributed by atoms with E-state index in [-0.39, 0.29) is 10.9 Å². The van der Waals surface area contributed by atoms with Crippen LogP contribution in [0, 0.1) is 12.7 Å². The second-order valence-corrected chi connectivity index (χ2v) is 9.07. The molecule has 0 radical (unpaired) electrons. The van der Waals surface area contributed by atoms with Crippen molar-refractivity contribution >= 4 is 17.5 Å². The summed E-state index contributed by atoms with van der Waals surface area (Å²) in [6.45, 7) is 5.89. The molecule has 7 heteroatoms. The van der Waals surface area contributed by atoms with Gasteiger partial charge in [-0.15, -0.1) is 0 Å². The number of aromatic nitrogens is 2. The largest absolute Gasteiger partial charge is 0.337 e. The van der Waals surface area contributed by atoms with Crippen LogP contribution in [0.2, 0.25) is 5.02 Å². The molecule has 4 rings (SSSR count). The molecule has 2 aliphatic rings. The zero-order valence-corrected chi connectivity index (χ0v) is 18.9. The molecule has 0 bridgehead atoms. The number of amides is 1. The molecule has 2 fully saturated rings. The van der Waals surface area contributed by atoms with Crippen molar-refractivity contribution in [1.82, 2.24) is 19.8 Å². The van der Waals surface area contributed by atoms with Crippen molar-refractivity contribution in [2.45, 2.75) is 57.9 Å². The molecule has 0 atom stereocenters. The minimum Gasteiger partial charge on any atom is -0.337 e. The van der Waals surface area contributed by atoms with Gasteiger partial charge in [0.2, 0.25) is 0 Å². The number of rotatable bonds is 5. The molecule has 166 valence electrons. The van der Waals surface area contributed by atoms with Crippen LogP contribution >= 0.6 is 11.6 Å². The van der Waals surface area contributed by atoms with Gasteiger partial charge in [-0.1, -0.05) is 24.1 Å². The maximum absolute atomic E-state index is 13.4. The van der Waals surface area contributed by atoms with E-state index in [1.807, 2.05) is 11.8 Å². The van der Waals surface area contributed by atoms with Gasteiger partial charge in [0.15, 0.2) is 0 Å². The van der Waals surface area contributed by atoms with Crippen LogP contribution in [0.25, 0.3) is 0 Å². The van der Waals surface area contributed by atoms with Crippen molar-refractivity contribution in [2.75, 3.05) is 26.2 Å². The molecule has 3 heterocycles. The molecule has 2 saturated heterocycles. The summed E-state index contributed by atoms with van der Waals surface area (Å²) in [5.41, 5.74) is 3.12. The Hall–Kier alpha value is -2.05. The molecule has 1 aromatic carbocycles. The highest BCUT2D eigenvalue weighted by molar-refractivity contribution is 6.30. The van der Waals surface area contributed by atoms with E-state index in [0.29, 0.717) is 24.6 Å². The van der Waals surface area contributed by atoms with E-state index in [4.69, 9.17) is 11.6 Å². The predicted molar refractivity (Wildman–Crippen MR) is 120 cm³/mol. The van der Waals surface area contributed by atoms with Gasteiger partial charge >= 0.3 is 0 Å². The summed E-state index contributed by atoms with van der Waals surface area (Å²) in [4.78, 5) is 26.5. The van der Waals surface area contributed by atoms with E-state index in [1.54, 1.807) is 12.1 Å². The fourth-order valence-electron chi connectivity index (χ4n) is 4.78. The first-order chi connectivity index (χ1) is 15.0. The minimum absolute atomic E-state index is 0.00284. The monoisotopic (exact) mass is 444 g/mol. The minimum atomic E-state index is -0.416. The Kier molecular flexibility index (Phi) is 7.18. The first kappa shape index (κ1) is 22.2. The Morgan fingerprint density at radius 2 is 1.84 bits per heavy atom. The van der Waals surface area contributed by atoms with Gasteiger partial charge in [0.05, 0.1) is 5.02 Å². The van der Waals surface area contributed by atoms with Gasteiger partial charge in [-0.05, 0) is 76.2 Å². The van der Waals surface area contributed by atoms with Gasteiger partial charge in [0.1, 0.15) is 17.8 Å². The van der Waals surface area contributed by atoms with Crippen LogP contribution in [0.4, 0.5) is 4.39 Å². The third kappa shape index (κ3) is 5.24. The normalized spacial score (nSPS) is 18.4. The molecule has 2 aliphatic heterocycles. The topological polar surface area (TPSA) is 49.3 Å². The highest BCUT2D eigenvalue weighted by atomic mass is 35.5. The van der Waals surface area contributed by atoms with Crippen molar-refractivity contribution < 1.29 is 9.18 Å². The summed E-state index contributed by atoms with van der Waals surface area (Å²) in [5, 5.41) is 0.126. The fourth-order valence-corrected chi connectivity index (χ4v) is 4.98. The first-order valence-corrected chi connectivity index (χ1v) is 11.7. The van der Waals surface area contributed by atoms with Crippen molar-refractivity contribution in [3.8, 4) is 0 Å². The highest BCUT2D eigenvalue weighted by Crippen LogP contribution is 2.23. The lowest BCUT2D eigenvalue weighted by atomic mass is 9.99. The number of hydrogen-bond donors (Lipinski definition) is 0. The Bertz CT molecular complexity index is 924. The summed E-state index contributed by atoms with van der Waals surface area (Å²) in [5.74, 6) is -0.413. The second kappa shape index (κ2) is 10.0. The number of hydrogen-bond acceptors (Lipinski definition) is 4. The van der Waals surface area contributed by atoms with Crippen molar-refractivity contribution in [1.29, 1.82) is 0 Å². The number of aryl methyl sites for hydroxylation is 2. The molecule has 0 aliphatic carbocycles.